The van der Waals surface area contributed by atoms with Gasteiger partial charge in [-0.2, -0.15) is 0 Å². The average molecular weight is 434 g/mol. The number of nitrogens with zero attached hydrogens (tertiary/aromatic N) is 1. The summed E-state index contributed by atoms with van der Waals surface area (Å²) in [7, 11) is 3.08. The van der Waals surface area contributed by atoms with Crippen molar-refractivity contribution in [2.24, 2.45) is 0 Å². The molecule has 1 N–H and O–H groups in total. The van der Waals surface area contributed by atoms with E-state index in [1.807, 2.05) is 24.3 Å². The van der Waals surface area contributed by atoms with Crippen molar-refractivity contribution >= 4 is 23.5 Å². The van der Waals surface area contributed by atoms with Gasteiger partial charge >= 0.3 is 5.97 Å². The minimum atomic E-state index is -0.830. The minimum Gasteiger partial charge on any atom is -0.497 e. The molecule has 0 spiro atoms. The third-order valence-electron chi connectivity index (χ3n) is 4.79. The Morgan fingerprint density at radius 1 is 0.967 bits per heavy atom. The summed E-state index contributed by atoms with van der Waals surface area (Å²) in [4.78, 5) is 25.7. The first-order valence-electron chi connectivity index (χ1n) is 9.92. The Balaban J connectivity index is 2.10. The molecular formula is C23H28ClNO5. The van der Waals surface area contributed by atoms with E-state index in [0.29, 0.717) is 43.0 Å². The van der Waals surface area contributed by atoms with E-state index in [1.165, 1.54) is 14.2 Å². The van der Waals surface area contributed by atoms with Gasteiger partial charge in [0.25, 0.3) is 5.91 Å². The van der Waals surface area contributed by atoms with Crippen LogP contribution in [0.3, 0.4) is 0 Å². The van der Waals surface area contributed by atoms with Crippen LogP contribution >= 0.6 is 11.6 Å². The summed E-state index contributed by atoms with van der Waals surface area (Å²) < 4.78 is 10.5. The molecule has 2 aromatic rings. The number of carbonyl (C=O) groups excluding carboxylic acids is 1. The van der Waals surface area contributed by atoms with Crippen molar-refractivity contribution in [3.05, 3.63) is 58.6 Å². The summed E-state index contributed by atoms with van der Waals surface area (Å²) in [6.07, 6.45) is 2.72. The van der Waals surface area contributed by atoms with Gasteiger partial charge in [0, 0.05) is 36.2 Å². The Kier molecular flexibility index (Phi) is 9.48. The van der Waals surface area contributed by atoms with Crippen LogP contribution in [0, 0.1) is 0 Å². The Morgan fingerprint density at radius 3 is 2.20 bits per heavy atom. The van der Waals surface area contributed by atoms with Crippen molar-refractivity contribution < 1.29 is 24.2 Å². The molecule has 0 saturated heterocycles. The average Bonchev–Trinajstić information content (AvgIpc) is 2.75. The third kappa shape index (κ3) is 7.26. The first-order valence-corrected chi connectivity index (χ1v) is 10.3. The van der Waals surface area contributed by atoms with Crippen LogP contribution in [0.25, 0.3) is 0 Å². The Bertz CT molecular complexity index is 833. The van der Waals surface area contributed by atoms with Crippen LogP contribution in [0.4, 0.5) is 0 Å². The second kappa shape index (κ2) is 12.1. The summed E-state index contributed by atoms with van der Waals surface area (Å²) >= 11 is 6.23. The van der Waals surface area contributed by atoms with Crippen molar-refractivity contribution in [2.75, 3.05) is 27.3 Å². The van der Waals surface area contributed by atoms with Gasteiger partial charge in [0.2, 0.25) is 0 Å². The number of amides is 1. The van der Waals surface area contributed by atoms with Crippen LogP contribution in [0.5, 0.6) is 11.5 Å². The molecule has 1 amide bonds. The molecule has 0 fully saturated rings. The predicted octanol–water partition coefficient (Wildman–Crippen LogP) is 4.69. The molecule has 0 aliphatic heterocycles. The lowest BCUT2D eigenvalue weighted by Crippen LogP contribution is -2.33. The lowest BCUT2D eigenvalue weighted by molar-refractivity contribution is -0.137. The van der Waals surface area contributed by atoms with E-state index in [9.17, 15) is 9.59 Å². The third-order valence-corrected chi connectivity index (χ3v) is 5.15. The zero-order valence-corrected chi connectivity index (χ0v) is 18.2. The number of aliphatic carboxylic acids is 1. The highest BCUT2D eigenvalue weighted by atomic mass is 35.5. The molecule has 0 aliphatic carbocycles. The van der Waals surface area contributed by atoms with Crippen molar-refractivity contribution in [2.45, 2.75) is 32.1 Å². The van der Waals surface area contributed by atoms with Gasteiger partial charge in [-0.3, -0.25) is 9.59 Å². The first kappa shape index (κ1) is 23.5. The highest BCUT2D eigenvalue weighted by Crippen LogP contribution is 2.24. The van der Waals surface area contributed by atoms with E-state index in [4.69, 9.17) is 26.2 Å². The highest BCUT2D eigenvalue weighted by Gasteiger charge is 2.18. The van der Waals surface area contributed by atoms with Crippen molar-refractivity contribution in [3.8, 4) is 11.5 Å². The number of aryl methyl sites for hydroxylation is 1. The van der Waals surface area contributed by atoms with Gasteiger partial charge in [-0.25, -0.2) is 0 Å². The number of carboxylic acids is 1. The van der Waals surface area contributed by atoms with Crippen molar-refractivity contribution in [3.63, 3.8) is 0 Å². The van der Waals surface area contributed by atoms with Crippen LogP contribution in [-0.2, 0) is 11.2 Å². The second-order valence-electron chi connectivity index (χ2n) is 6.94. The summed E-state index contributed by atoms with van der Waals surface area (Å²) in [6.45, 7) is 1.02. The van der Waals surface area contributed by atoms with E-state index >= 15 is 0 Å². The molecule has 0 aliphatic rings. The van der Waals surface area contributed by atoms with Crippen LogP contribution in [0.2, 0.25) is 5.02 Å². The Morgan fingerprint density at radius 2 is 1.60 bits per heavy atom. The molecule has 6 nitrogen and oxygen atoms in total. The summed E-state index contributed by atoms with van der Waals surface area (Å²) in [5, 5.41) is 9.57. The van der Waals surface area contributed by atoms with E-state index in [-0.39, 0.29) is 12.3 Å². The zero-order valence-electron chi connectivity index (χ0n) is 17.4. The standard InChI is InChI=1S/C23H28ClNO5/c1-29-19-14-18(15-20(16-19)30-2)23(28)25(12-6-5-11-22(26)27)13-7-9-17-8-3-4-10-21(17)24/h3-4,8,10,14-16H,5-7,9,11-13H2,1-2H3,(H,26,27). The topological polar surface area (TPSA) is 76.1 Å². The smallest absolute Gasteiger partial charge is 0.303 e. The number of rotatable bonds is 12. The maximum atomic E-state index is 13.2. The monoisotopic (exact) mass is 433 g/mol. The van der Waals surface area contributed by atoms with E-state index in [2.05, 4.69) is 0 Å². The number of methoxy groups -OCH3 is 2. The van der Waals surface area contributed by atoms with Crippen LogP contribution in [0.1, 0.15) is 41.6 Å². The molecule has 7 heteroatoms. The predicted molar refractivity (Wildman–Crippen MR) is 117 cm³/mol. The lowest BCUT2D eigenvalue weighted by Gasteiger charge is -2.23. The molecule has 0 bridgehead atoms. The number of carbonyl (C=O) groups is 2. The highest BCUT2D eigenvalue weighted by molar-refractivity contribution is 6.31. The molecule has 2 aromatic carbocycles. The molecule has 0 unspecified atom stereocenters. The maximum Gasteiger partial charge on any atom is 0.303 e. The van der Waals surface area contributed by atoms with Crippen LogP contribution < -0.4 is 9.47 Å². The van der Waals surface area contributed by atoms with Gasteiger partial charge in [-0.05, 0) is 49.4 Å². The largest absolute Gasteiger partial charge is 0.497 e. The molecule has 0 aromatic heterocycles. The van der Waals surface area contributed by atoms with E-state index in [0.717, 1.165) is 23.4 Å². The fourth-order valence-corrected chi connectivity index (χ4v) is 3.40. The quantitative estimate of drug-likeness (QED) is 0.491. The molecular weight excluding hydrogens is 406 g/mol. The number of halogens is 1. The molecule has 162 valence electrons. The minimum absolute atomic E-state index is 0.0919. The van der Waals surface area contributed by atoms with Crippen molar-refractivity contribution in [1.29, 1.82) is 0 Å². The Labute approximate surface area is 182 Å². The zero-order chi connectivity index (χ0) is 21.9. The molecule has 0 atom stereocenters. The van der Waals surface area contributed by atoms with E-state index < -0.39 is 5.97 Å². The number of benzene rings is 2. The molecule has 2 rings (SSSR count). The van der Waals surface area contributed by atoms with Crippen LogP contribution in [0.15, 0.2) is 42.5 Å². The summed E-state index contributed by atoms with van der Waals surface area (Å²) in [6, 6.07) is 12.7. The van der Waals surface area contributed by atoms with Gasteiger partial charge < -0.3 is 19.5 Å². The van der Waals surface area contributed by atoms with Crippen molar-refractivity contribution in [1.82, 2.24) is 4.90 Å². The fourth-order valence-electron chi connectivity index (χ4n) is 3.17. The molecule has 0 radical (unpaired) electrons. The first-order chi connectivity index (χ1) is 14.4. The van der Waals surface area contributed by atoms with E-state index in [1.54, 1.807) is 23.1 Å². The molecule has 0 saturated carbocycles. The Hall–Kier alpha value is -2.73. The van der Waals surface area contributed by atoms with Crippen LogP contribution in [-0.4, -0.2) is 49.2 Å². The van der Waals surface area contributed by atoms with Gasteiger partial charge in [-0.1, -0.05) is 29.8 Å². The summed E-state index contributed by atoms with van der Waals surface area (Å²) in [5.74, 6) is 0.116. The summed E-state index contributed by atoms with van der Waals surface area (Å²) in [5.41, 5.74) is 1.52. The molecule has 30 heavy (non-hydrogen) atoms. The lowest BCUT2D eigenvalue weighted by atomic mass is 10.1. The molecule has 0 heterocycles. The second-order valence-corrected chi connectivity index (χ2v) is 7.35. The number of ether oxygens (including phenoxy) is 2. The van der Waals surface area contributed by atoms with Gasteiger partial charge in [0.15, 0.2) is 0 Å². The number of unbranched alkanes of at least 4 members (excludes halogenated alkanes) is 1. The van der Waals surface area contributed by atoms with Gasteiger partial charge in [-0.15, -0.1) is 0 Å². The van der Waals surface area contributed by atoms with Gasteiger partial charge in [0.05, 0.1) is 14.2 Å². The number of hydrogen-bond donors (Lipinski definition) is 1. The van der Waals surface area contributed by atoms with Gasteiger partial charge in [0.1, 0.15) is 11.5 Å². The normalized spacial score (nSPS) is 10.5. The SMILES string of the molecule is COc1cc(OC)cc(C(=O)N(CCCCC(=O)O)CCCc2ccccc2Cl)c1. The fraction of sp³-hybridized carbons (Fsp3) is 0.391. The number of hydrogen-bond acceptors (Lipinski definition) is 4. The maximum absolute atomic E-state index is 13.2. The number of carboxylic acid groups (broad SMARTS) is 1.